The van der Waals surface area contributed by atoms with Gasteiger partial charge in [-0.2, -0.15) is 21.6 Å². The Hall–Kier alpha value is -2.99. The third kappa shape index (κ3) is 5.09. The van der Waals surface area contributed by atoms with Crippen molar-refractivity contribution >= 4 is 38.1 Å². The van der Waals surface area contributed by atoms with Crippen LogP contribution in [-0.4, -0.2) is 24.5 Å². The van der Waals surface area contributed by atoms with Gasteiger partial charge in [0.25, 0.3) is 20.3 Å². The summed E-state index contributed by atoms with van der Waals surface area (Å²) >= 11 is 0.609. The first-order valence-corrected chi connectivity index (χ1v) is 10.3. The van der Waals surface area contributed by atoms with Crippen molar-refractivity contribution in [3.05, 3.63) is 65.2 Å². The number of amides is 1. The summed E-state index contributed by atoms with van der Waals surface area (Å²) in [5, 5.41) is 9.57. The second kappa shape index (κ2) is 7.79. The van der Waals surface area contributed by atoms with Crippen LogP contribution < -0.4 is 10.0 Å². The number of halogens is 3. The Morgan fingerprint density at radius 3 is 2.38 bits per heavy atom. The molecule has 7 nitrogen and oxygen atoms in total. The van der Waals surface area contributed by atoms with Crippen molar-refractivity contribution in [1.29, 1.82) is 0 Å². The van der Waals surface area contributed by atoms with E-state index in [1.54, 1.807) is 18.2 Å². The molecular weight excluding hydrogens is 429 g/mol. The average Bonchev–Trinajstić information content (AvgIpc) is 3.10. The Bertz CT molecular complexity index is 1140. The molecule has 3 aromatic rings. The van der Waals surface area contributed by atoms with Crippen molar-refractivity contribution in [2.75, 3.05) is 10.0 Å². The fourth-order valence-corrected chi connectivity index (χ4v) is 4.21. The highest BCUT2D eigenvalue weighted by Crippen LogP contribution is 2.30. The minimum Gasteiger partial charge on any atom is -0.296 e. The monoisotopic (exact) mass is 442 g/mol. The molecule has 0 spiro atoms. The van der Waals surface area contributed by atoms with E-state index in [2.05, 4.69) is 20.2 Å². The number of hydrogen-bond donors (Lipinski definition) is 2. The van der Waals surface area contributed by atoms with Crippen molar-refractivity contribution in [2.45, 2.75) is 17.4 Å². The highest BCUT2D eigenvalue weighted by atomic mass is 32.2. The lowest BCUT2D eigenvalue weighted by molar-refractivity contribution is -0.137. The SMILES string of the molecule is Cc1cccc(C(=O)Nc2nnc(S(=O)(=O)Nc3ccc(C(F)(F)F)cc3)s2)c1. The molecule has 29 heavy (non-hydrogen) atoms. The molecule has 0 aliphatic heterocycles. The number of anilines is 2. The zero-order chi connectivity index (χ0) is 21.2. The van der Waals surface area contributed by atoms with Gasteiger partial charge in [0.05, 0.1) is 5.56 Å². The predicted octanol–water partition coefficient (Wildman–Crippen LogP) is 3.92. The Morgan fingerprint density at radius 1 is 1.07 bits per heavy atom. The maximum Gasteiger partial charge on any atom is 0.416 e. The molecule has 2 N–H and O–H groups in total. The molecule has 0 aliphatic carbocycles. The van der Waals surface area contributed by atoms with E-state index in [0.717, 1.165) is 29.8 Å². The summed E-state index contributed by atoms with van der Waals surface area (Å²) in [6, 6.07) is 10.3. The van der Waals surface area contributed by atoms with Crippen LogP contribution in [0.15, 0.2) is 52.9 Å². The zero-order valence-electron chi connectivity index (χ0n) is 14.7. The van der Waals surface area contributed by atoms with Crippen LogP contribution in [0.4, 0.5) is 24.0 Å². The van der Waals surface area contributed by atoms with Crippen LogP contribution in [0.3, 0.4) is 0 Å². The molecule has 1 amide bonds. The molecule has 0 saturated heterocycles. The van der Waals surface area contributed by atoms with Gasteiger partial charge >= 0.3 is 6.18 Å². The van der Waals surface area contributed by atoms with Crippen LogP contribution in [-0.2, 0) is 16.2 Å². The summed E-state index contributed by atoms with van der Waals surface area (Å²) in [4.78, 5) is 12.2. The number of aromatic nitrogens is 2. The van der Waals surface area contributed by atoms with Crippen molar-refractivity contribution in [2.24, 2.45) is 0 Å². The lowest BCUT2D eigenvalue weighted by Gasteiger charge is -2.08. The number of nitrogens with zero attached hydrogens (tertiary/aromatic N) is 2. The number of nitrogens with one attached hydrogen (secondary N) is 2. The van der Waals surface area contributed by atoms with Gasteiger partial charge in [0.1, 0.15) is 0 Å². The minimum absolute atomic E-state index is 0.0377. The van der Waals surface area contributed by atoms with E-state index < -0.39 is 32.0 Å². The Labute approximate surface area is 167 Å². The maximum atomic E-state index is 12.6. The second-order valence-corrected chi connectivity index (χ2v) is 8.71. The standard InChI is InChI=1S/C17H13F3N4O3S2/c1-10-3-2-4-11(9-10)14(25)21-15-22-23-16(28-15)29(26,27)24-13-7-5-12(6-8-13)17(18,19)20/h2-9,24H,1H3,(H,21,22,25). The molecule has 0 fully saturated rings. The molecule has 0 radical (unpaired) electrons. The van der Waals surface area contributed by atoms with Crippen molar-refractivity contribution in [3.8, 4) is 0 Å². The Kier molecular flexibility index (Phi) is 5.57. The van der Waals surface area contributed by atoms with Gasteiger partial charge in [0, 0.05) is 11.3 Å². The smallest absolute Gasteiger partial charge is 0.296 e. The summed E-state index contributed by atoms with van der Waals surface area (Å²) < 4.78 is 64.1. The van der Waals surface area contributed by atoms with Crippen LogP contribution in [0, 0.1) is 6.92 Å². The molecule has 0 unspecified atom stereocenters. The molecule has 1 aromatic heterocycles. The molecule has 0 saturated carbocycles. The third-order valence-corrected chi connectivity index (χ3v) is 6.19. The van der Waals surface area contributed by atoms with E-state index in [1.807, 2.05) is 13.0 Å². The lowest BCUT2D eigenvalue weighted by atomic mass is 10.1. The summed E-state index contributed by atoms with van der Waals surface area (Å²) in [6.07, 6.45) is -4.53. The number of carbonyl (C=O) groups is 1. The van der Waals surface area contributed by atoms with Crippen LogP contribution >= 0.6 is 11.3 Å². The first-order chi connectivity index (χ1) is 13.5. The van der Waals surface area contributed by atoms with Gasteiger partial charge in [-0.05, 0) is 43.3 Å². The van der Waals surface area contributed by atoms with Gasteiger partial charge in [-0.1, -0.05) is 29.0 Å². The molecular formula is C17H13F3N4O3S2. The van der Waals surface area contributed by atoms with E-state index in [9.17, 15) is 26.4 Å². The van der Waals surface area contributed by atoms with E-state index in [1.165, 1.54) is 0 Å². The first-order valence-electron chi connectivity index (χ1n) is 7.96. The second-order valence-electron chi connectivity index (χ2n) is 5.88. The predicted molar refractivity (Wildman–Crippen MR) is 101 cm³/mol. The number of aryl methyl sites for hydroxylation is 1. The Morgan fingerprint density at radius 2 is 1.76 bits per heavy atom. The number of carbonyl (C=O) groups excluding carboxylic acids is 1. The van der Waals surface area contributed by atoms with Gasteiger partial charge in [-0.25, -0.2) is 0 Å². The molecule has 0 atom stereocenters. The molecule has 0 bridgehead atoms. The summed E-state index contributed by atoms with van der Waals surface area (Å²) in [6.45, 7) is 1.82. The van der Waals surface area contributed by atoms with E-state index in [4.69, 9.17) is 0 Å². The third-order valence-electron chi connectivity index (χ3n) is 3.60. The zero-order valence-corrected chi connectivity index (χ0v) is 16.3. The lowest BCUT2D eigenvalue weighted by Crippen LogP contribution is -2.13. The van der Waals surface area contributed by atoms with Gasteiger partial charge in [0.15, 0.2) is 0 Å². The number of benzene rings is 2. The highest BCUT2D eigenvalue weighted by Gasteiger charge is 2.30. The van der Waals surface area contributed by atoms with Crippen LogP contribution in [0.25, 0.3) is 0 Å². The van der Waals surface area contributed by atoms with Crippen LogP contribution in [0.1, 0.15) is 21.5 Å². The van der Waals surface area contributed by atoms with Gasteiger partial charge in [-0.15, -0.1) is 10.2 Å². The largest absolute Gasteiger partial charge is 0.416 e. The van der Waals surface area contributed by atoms with Crippen molar-refractivity contribution in [3.63, 3.8) is 0 Å². The maximum absolute atomic E-state index is 12.6. The topological polar surface area (TPSA) is 101 Å². The van der Waals surface area contributed by atoms with Gasteiger partial charge < -0.3 is 0 Å². The summed E-state index contributed by atoms with van der Waals surface area (Å²) in [7, 11) is -4.19. The molecule has 3 rings (SSSR count). The molecule has 1 heterocycles. The number of hydrogen-bond acceptors (Lipinski definition) is 6. The fourth-order valence-electron chi connectivity index (χ4n) is 2.25. The van der Waals surface area contributed by atoms with E-state index in [0.29, 0.717) is 16.9 Å². The Balaban J connectivity index is 1.72. The van der Waals surface area contributed by atoms with Crippen molar-refractivity contribution < 1.29 is 26.4 Å². The molecule has 0 aliphatic rings. The number of rotatable bonds is 5. The van der Waals surface area contributed by atoms with Gasteiger partial charge in [-0.3, -0.25) is 14.8 Å². The summed E-state index contributed by atoms with van der Waals surface area (Å²) in [5.41, 5.74) is 0.266. The quantitative estimate of drug-likeness (QED) is 0.584. The summed E-state index contributed by atoms with van der Waals surface area (Å²) in [5.74, 6) is -0.482. The molecule has 152 valence electrons. The fraction of sp³-hybridized carbons (Fsp3) is 0.118. The average molecular weight is 442 g/mol. The highest BCUT2D eigenvalue weighted by molar-refractivity contribution is 7.94. The van der Waals surface area contributed by atoms with E-state index >= 15 is 0 Å². The first kappa shape index (κ1) is 20.7. The molecule has 12 heteroatoms. The normalized spacial score (nSPS) is 11.9. The number of sulfonamides is 1. The molecule has 2 aromatic carbocycles. The minimum atomic E-state index is -4.53. The number of alkyl halides is 3. The van der Waals surface area contributed by atoms with Crippen LogP contribution in [0.2, 0.25) is 0 Å². The van der Waals surface area contributed by atoms with Crippen molar-refractivity contribution in [1.82, 2.24) is 10.2 Å². The van der Waals surface area contributed by atoms with Crippen LogP contribution in [0.5, 0.6) is 0 Å². The van der Waals surface area contributed by atoms with Gasteiger partial charge in [0.2, 0.25) is 5.13 Å². The van der Waals surface area contributed by atoms with E-state index in [-0.39, 0.29) is 10.8 Å².